The molecule has 5 rings (SSSR count). The van der Waals surface area contributed by atoms with Crippen molar-refractivity contribution < 1.29 is 22.7 Å². The van der Waals surface area contributed by atoms with Gasteiger partial charge in [-0.15, -0.1) is 5.10 Å². The lowest BCUT2D eigenvalue weighted by Gasteiger charge is -2.33. The Morgan fingerprint density at radius 2 is 1.70 bits per heavy atom. The number of benzene rings is 3. The summed E-state index contributed by atoms with van der Waals surface area (Å²) in [7, 11) is -2.25. The van der Waals surface area contributed by atoms with E-state index in [1.807, 2.05) is 30.0 Å². The molecule has 1 aromatic heterocycles. The Kier molecular flexibility index (Phi) is 9.26. The minimum absolute atomic E-state index is 0.0756. The molecule has 0 radical (unpaired) electrons. The number of sulfonamides is 1. The molecule has 1 aliphatic rings. The van der Waals surface area contributed by atoms with Crippen molar-refractivity contribution in [2.45, 2.75) is 57.6 Å². The van der Waals surface area contributed by atoms with Gasteiger partial charge in [0.05, 0.1) is 18.6 Å². The maximum atomic E-state index is 13.6. The van der Waals surface area contributed by atoms with Gasteiger partial charge in [-0.05, 0) is 66.6 Å². The molecule has 1 fully saturated rings. The third-order valence-corrected chi connectivity index (χ3v) is 10.1. The highest BCUT2D eigenvalue weighted by Crippen LogP contribution is 2.35. The van der Waals surface area contributed by atoms with Crippen LogP contribution in [0.25, 0.3) is 0 Å². The van der Waals surface area contributed by atoms with E-state index in [0.717, 1.165) is 23.4 Å². The van der Waals surface area contributed by atoms with Crippen molar-refractivity contribution in [3.8, 4) is 16.7 Å². The van der Waals surface area contributed by atoms with Gasteiger partial charge in [0.2, 0.25) is 10.0 Å². The number of piperidine rings is 1. The number of anilines is 1. The summed E-state index contributed by atoms with van der Waals surface area (Å²) in [5.41, 5.74) is 3.22. The summed E-state index contributed by atoms with van der Waals surface area (Å²) in [5, 5.41) is 9.86. The fourth-order valence-electron chi connectivity index (χ4n) is 5.21. The van der Waals surface area contributed by atoms with Crippen LogP contribution in [0.5, 0.6) is 16.7 Å². The summed E-state index contributed by atoms with van der Waals surface area (Å²) < 4.78 is 39.9. The summed E-state index contributed by atoms with van der Waals surface area (Å²) in [5.74, 6) is 1.09. The number of nitrogens with one attached hydrogen (secondary N) is 1. The second-order valence-electron chi connectivity index (χ2n) is 12.1. The zero-order valence-corrected chi connectivity index (χ0v) is 27.3. The number of nitrogens with zero attached hydrogens (tertiary/aromatic N) is 3. The molecular formula is C33H38N4O5S2. The Hall–Kier alpha value is -3.96. The number of hydrogen-bond acceptors (Lipinski definition) is 8. The SMILES string of the molecule is COc1cc(C)c(C(=O)N2CCC(c3ccc(Oc4nnc(C(C)(C)C)s4)cc3)CC2)cc1NS(=O)(=O)Cc1ccccc1. The molecule has 4 aromatic rings. The van der Waals surface area contributed by atoms with E-state index in [9.17, 15) is 13.2 Å². The average molecular weight is 635 g/mol. The van der Waals surface area contributed by atoms with Gasteiger partial charge < -0.3 is 14.4 Å². The van der Waals surface area contributed by atoms with Crippen molar-refractivity contribution >= 4 is 33.0 Å². The maximum Gasteiger partial charge on any atom is 0.299 e. The fourth-order valence-corrected chi connectivity index (χ4v) is 7.18. The van der Waals surface area contributed by atoms with Crippen LogP contribution in [0.2, 0.25) is 0 Å². The first-order chi connectivity index (χ1) is 20.9. The molecule has 0 aliphatic carbocycles. The molecule has 9 nitrogen and oxygen atoms in total. The Labute approximate surface area is 263 Å². The van der Waals surface area contributed by atoms with Crippen molar-refractivity contribution in [2.75, 3.05) is 24.9 Å². The van der Waals surface area contributed by atoms with Crippen LogP contribution in [-0.2, 0) is 21.2 Å². The summed E-state index contributed by atoms with van der Waals surface area (Å²) in [6.07, 6.45) is 1.64. The first kappa shape index (κ1) is 31.5. The number of hydrogen-bond donors (Lipinski definition) is 1. The lowest BCUT2D eigenvalue weighted by atomic mass is 9.89. The largest absolute Gasteiger partial charge is 0.495 e. The Morgan fingerprint density at radius 1 is 1.02 bits per heavy atom. The fraction of sp³-hybridized carbons (Fsp3) is 0.364. The number of rotatable bonds is 9. The van der Waals surface area contributed by atoms with Gasteiger partial charge in [0.1, 0.15) is 16.5 Å². The normalized spacial score (nSPS) is 14.3. The monoisotopic (exact) mass is 634 g/mol. The quantitative estimate of drug-likeness (QED) is 0.213. The lowest BCUT2D eigenvalue weighted by Crippen LogP contribution is -2.38. The predicted octanol–water partition coefficient (Wildman–Crippen LogP) is 6.91. The first-order valence-electron chi connectivity index (χ1n) is 14.6. The van der Waals surface area contributed by atoms with Crippen molar-refractivity contribution in [3.05, 3.63) is 94.0 Å². The van der Waals surface area contributed by atoms with Crippen LogP contribution >= 0.6 is 11.3 Å². The number of aromatic nitrogens is 2. The van der Waals surface area contributed by atoms with Crippen LogP contribution < -0.4 is 14.2 Å². The Bertz CT molecular complexity index is 1710. The van der Waals surface area contributed by atoms with Gasteiger partial charge in [0.25, 0.3) is 11.1 Å². The molecule has 11 heteroatoms. The highest BCUT2D eigenvalue weighted by atomic mass is 32.2. The van der Waals surface area contributed by atoms with Crippen LogP contribution in [-0.4, -0.2) is 49.6 Å². The number of carbonyl (C=O) groups is 1. The van der Waals surface area contributed by atoms with Gasteiger partial charge in [-0.2, -0.15) is 0 Å². The summed E-state index contributed by atoms with van der Waals surface area (Å²) in [6.45, 7) is 9.32. The standard InChI is InChI=1S/C33H38N4O5S2/c1-22-19-29(41-5)28(36-44(39,40)21-23-9-7-6-8-10-23)20-27(22)30(38)37-17-15-25(16-18-37)24-11-13-26(14-12-24)42-32-35-34-31(43-32)33(2,3)4/h6-14,19-20,25,36H,15-18,21H2,1-5H3. The Morgan fingerprint density at radius 3 is 2.32 bits per heavy atom. The minimum Gasteiger partial charge on any atom is -0.495 e. The second kappa shape index (κ2) is 13.0. The maximum absolute atomic E-state index is 13.6. The molecule has 3 aromatic carbocycles. The second-order valence-corrected chi connectivity index (χ2v) is 14.7. The van der Waals surface area contributed by atoms with Crippen LogP contribution in [0.4, 0.5) is 5.69 Å². The van der Waals surface area contributed by atoms with Crippen molar-refractivity contribution in [1.82, 2.24) is 15.1 Å². The van der Waals surface area contributed by atoms with Gasteiger partial charge >= 0.3 is 0 Å². The molecule has 1 amide bonds. The predicted molar refractivity (Wildman–Crippen MR) is 173 cm³/mol. The van der Waals surface area contributed by atoms with Crippen molar-refractivity contribution in [3.63, 3.8) is 0 Å². The first-order valence-corrected chi connectivity index (χ1v) is 17.0. The minimum atomic E-state index is -3.73. The average Bonchev–Trinajstić information content (AvgIpc) is 3.47. The third-order valence-electron chi connectivity index (χ3n) is 7.63. The highest BCUT2D eigenvalue weighted by Gasteiger charge is 2.27. The highest BCUT2D eigenvalue weighted by molar-refractivity contribution is 7.91. The molecule has 1 N–H and O–H groups in total. The molecule has 2 heterocycles. The topological polar surface area (TPSA) is 111 Å². The molecule has 0 saturated carbocycles. The zero-order chi connectivity index (χ0) is 31.5. The van der Waals surface area contributed by atoms with Gasteiger partial charge in [-0.25, -0.2) is 8.42 Å². The molecule has 232 valence electrons. The molecule has 1 saturated heterocycles. The summed E-state index contributed by atoms with van der Waals surface area (Å²) >= 11 is 1.45. The van der Waals surface area contributed by atoms with E-state index >= 15 is 0 Å². The van der Waals surface area contributed by atoms with Gasteiger partial charge in [0.15, 0.2) is 0 Å². The van der Waals surface area contributed by atoms with Crippen molar-refractivity contribution in [2.24, 2.45) is 0 Å². The number of ether oxygens (including phenoxy) is 2. The van der Waals surface area contributed by atoms with Crippen LogP contribution in [0.3, 0.4) is 0 Å². The van der Waals surface area contributed by atoms with Crippen LogP contribution in [0, 0.1) is 6.92 Å². The molecule has 0 bridgehead atoms. The van der Waals surface area contributed by atoms with Gasteiger partial charge in [-0.3, -0.25) is 9.52 Å². The number of amides is 1. The van der Waals surface area contributed by atoms with Crippen LogP contribution in [0.15, 0.2) is 66.7 Å². The number of carbonyl (C=O) groups excluding carboxylic acids is 1. The number of methoxy groups -OCH3 is 1. The van der Waals surface area contributed by atoms with E-state index in [0.29, 0.717) is 46.8 Å². The van der Waals surface area contributed by atoms with E-state index in [4.69, 9.17) is 9.47 Å². The molecule has 0 unspecified atom stereocenters. The van der Waals surface area contributed by atoms with E-state index in [1.54, 1.807) is 36.4 Å². The Balaban J connectivity index is 1.22. The van der Waals surface area contributed by atoms with E-state index in [2.05, 4.69) is 47.8 Å². The van der Waals surface area contributed by atoms with Gasteiger partial charge in [0, 0.05) is 24.1 Å². The number of likely N-dealkylation sites (tertiary alicyclic amines) is 1. The molecule has 1 aliphatic heterocycles. The molecule has 44 heavy (non-hydrogen) atoms. The smallest absolute Gasteiger partial charge is 0.299 e. The third kappa shape index (κ3) is 7.57. The zero-order valence-electron chi connectivity index (χ0n) is 25.7. The van der Waals surface area contributed by atoms with Crippen LogP contribution in [0.1, 0.15) is 71.6 Å². The molecule has 0 spiro atoms. The lowest BCUT2D eigenvalue weighted by molar-refractivity contribution is 0.0712. The van der Waals surface area contributed by atoms with E-state index < -0.39 is 10.0 Å². The van der Waals surface area contributed by atoms with E-state index in [1.165, 1.54) is 24.0 Å². The van der Waals surface area contributed by atoms with Crippen molar-refractivity contribution in [1.29, 1.82) is 0 Å². The van der Waals surface area contributed by atoms with Gasteiger partial charge in [-0.1, -0.05) is 79.7 Å². The number of aryl methyl sites for hydroxylation is 1. The van der Waals surface area contributed by atoms with E-state index in [-0.39, 0.29) is 22.8 Å². The molecular weight excluding hydrogens is 597 g/mol. The molecule has 0 atom stereocenters. The summed E-state index contributed by atoms with van der Waals surface area (Å²) in [6, 6.07) is 20.3. The summed E-state index contributed by atoms with van der Waals surface area (Å²) in [4.78, 5) is 15.5.